The van der Waals surface area contributed by atoms with E-state index in [9.17, 15) is 9.59 Å². The maximum absolute atomic E-state index is 12.2. The van der Waals surface area contributed by atoms with Crippen molar-refractivity contribution in [3.63, 3.8) is 0 Å². The predicted octanol–water partition coefficient (Wildman–Crippen LogP) is 2.47. The Morgan fingerprint density at radius 1 is 1.29 bits per heavy atom. The van der Waals surface area contributed by atoms with Crippen molar-refractivity contribution in [1.82, 2.24) is 15.4 Å². The number of piperidine rings is 1. The molecule has 0 spiro atoms. The number of hydrogen-bond acceptors (Lipinski definition) is 4. The average Bonchev–Trinajstić information content (AvgIpc) is 3.11. The first-order valence-electron chi connectivity index (χ1n) is 8.25. The summed E-state index contributed by atoms with van der Waals surface area (Å²) in [5.41, 5.74) is 1.02. The number of carbonyl (C=O) groups is 2. The van der Waals surface area contributed by atoms with Crippen LogP contribution in [0.4, 0.5) is 0 Å². The van der Waals surface area contributed by atoms with Crippen LogP contribution in [0.2, 0.25) is 0 Å². The van der Waals surface area contributed by atoms with Gasteiger partial charge in [-0.05, 0) is 26.2 Å². The van der Waals surface area contributed by atoms with Gasteiger partial charge in [-0.25, -0.2) is 0 Å². The molecule has 0 radical (unpaired) electrons. The summed E-state index contributed by atoms with van der Waals surface area (Å²) in [5, 5.41) is 6.41. The average molecular weight is 327 g/mol. The molecule has 126 valence electrons. The lowest BCUT2D eigenvalue weighted by atomic mass is 10.0. The van der Waals surface area contributed by atoms with Crippen molar-refractivity contribution in [3.05, 3.63) is 42.1 Å². The summed E-state index contributed by atoms with van der Waals surface area (Å²) in [7, 11) is 0. The second-order valence-electron chi connectivity index (χ2n) is 6.06. The highest BCUT2D eigenvalue weighted by Crippen LogP contribution is 2.19. The third kappa shape index (κ3) is 3.64. The van der Waals surface area contributed by atoms with Gasteiger partial charge < -0.3 is 14.7 Å². The Bertz CT molecular complexity index is 711. The Hall–Kier alpha value is -2.63. The molecule has 0 aliphatic carbocycles. The van der Waals surface area contributed by atoms with Gasteiger partial charge in [-0.15, -0.1) is 0 Å². The van der Waals surface area contributed by atoms with Crippen LogP contribution in [0.1, 0.15) is 36.7 Å². The minimum absolute atomic E-state index is 0.0172. The number of nitrogens with one attached hydrogen (secondary N) is 1. The molecule has 1 atom stereocenters. The molecule has 24 heavy (non-hydrogen) atoms. The second kappa shape index (κ2) is 7.29. The fraction of sp³-hybridized carbons (Fsp3) is 0.389. The van der Waals surface area contributed by atoms with E-state index in [1.165, 1.54) is 0 Å². The van der Waals surface area contributed by atoms with Gasteiger partial charge in [0.25, 0.3) is 5.91 Å². The smallest absolute Gasteiger partial charge is 0.273 e. The molecule has 2 amide bonds. The zero-order valence-electron chi connectivity index (χ0n) is 13.7. The number of hydrogen-bond donors (Lipinski definition) is 1. The molecule has 3 rings (SSSR count). The van der Waals surface area contributed by atoms with Gasteiger partial charge in [0.15, 0.2) is 11.5 Å². The summed E-state index contributed by atoms with van der Waals surface area (Å²) in [4.78, 5) is 26.2. The van der Waals surface area contributed by atoms with E-state index >= 15 is 0 Å². The van der Waals surface area contributed by atoms with Crippen molar-refractivity contribution in [2.45, 2.75) is 32.2 Å². The number of carbonyl (C=O) groups excluding carboxylic acids is 2. The van der Waals surface area contributed by atoms with Crippen LogP contribution >= 0.6 is 0 Å². The largest absolute Gasteiger partial charge is 0.355 e. The number of rotatable bonds is 4. The molecule has 6 heteroatoms. The van der Waals surface area contributed by atoms with Crippen molar-refractivity contribution < 1.29 is 14.1 Å². The fourth-order valence-corrected chi connectivity index (χ4v) is 2.94. The Morgan fingerprint density at radius 3 is 2.83 bits per heavy atom. The maximum Gasteiger partial charge on any atom is 0.273 e. The van der Waals surface area contributed by atoms with Gasteiger partial charge in [0.05, 0.1) is 6.54 Å². The number of amides is 2. The fourth-order valence-electron chi connectivity index (χ4n) is 2.94. The molecule has 1 N–H and O–H groups in total. The van der Waals surface area contributed by atoms with Crippen LogP contribution in [-0.4, -0.2) is 41.0 Å². The lowest BCUT2D eigenvalue weighted by Crippen LogP contribution is -2.46. The first-order chi connectivity index (χ1) is 11.6. The molecule has 1 saturated heterocycles. The highest BCUT2D eigenvalue weighted by atomic mass is 16.5. The number of nitrogens with zero attached hydrogens (tertiary/aromatic N) is 2. The van der Waals surface area contributed by atoms with Gasteiger partial charge in [-0.2, -0.15) is 0 Å². The first kappa shape index (κ1) is 16.2. The van der Waals surface area contributed by atoms with Gasteiger partial charge in [-0.1, -0.05) is 35.5 Å². The van der Waals surface area contributed by atoms with E-state index in [2.05, 4.69) is 10.5 Å². The maximum atomic E-state index is 12.2. The lowest BCUT2D eigenvalue weighted by molar-refractivity contribution is -0.133. The number of likely N-dealkylation sites (tertiary alicyclic amines) is 1. The van der Waals surface area contributed by atoms with E-state index in [1.54, 1.807) is 6.07 Å². The molecule has 2 aromatic rings. The Labute approximate surface area is 140 Å². The quantitative estimate of drug-likeness (QED) is 0.936. The summed E-state index contributed by atoms with van der Waals surface area (Å²) in [6, 6.07) is 11.2. The molecule has 0 unspecified atom stereocenters. The van der Waals surface area contributed by atoms with Crippen molar-refractivity contribution in [2.75, 3.05) is 13.1 Å². The van der Waals surface area contributed by atoms with Gasteiger partial charge in [-0.3, -0.25) is 9.59 Å². The number of benzene rings is 1. The molecule has 0 bridgehead atoms. The molecule has 1 aromatic carbocycles. The van der Waals surface area contributed by atoms with Crippen LogP contribution in [0.3, 0.4) is 0 Å². The van der Waals surface area contributed by atoms with Crippen LogP contribution in [-0.2, 0) is 4.79 Å². The highest BCUT2D eigenvalue weighted by molar-refractivity contribution is 5.95. The summed E-state index contributed by atoms with van der Waals surface area (Å²) in [6.45, 7) is 2.79. The van der Waals surface area contributed by atoms with E-state index in [4.69, 9.17) is 4.52 Å². The third-order valence-electron chi connectivity index (χ3n) is 4.32. The first-order valence-corrected chi connectivity index (χ1v) is 8.25. The van der Waals surface area contributed by atoms with Crippen LogP contribution in [0, 0.1) is 0 Å². The zero-order chi connectivity index (χ0) is 16.9. The standard InChI is InChI=1S/C18H21N3O3/c1-13-7-5-6-10-21(13)17(22)12-19-18(23)15-11-16(24-20-15)14-8-3-2-4-9-14/h2-4,8-9,11,13H,5-7,10,12H2,1H3,(H,19,23)/t13-/m0/s1. The topological polar surface area (TPSA) is 75.4 Å². The van der Waals surface area contributed by atoms with E-state index in [-0.39, 0.29) is 24.2 Å². The molecule has 1 fully saturated rings. The van der Waals surface area contributed by atoms with Gasteiger partial charge >= 0.3 is 0 Å². The second-order valence-corrected chi connectivity index (χ2v) is 6.06. The van der Waals surface area contributed by atoms with Crippen LogP contribution < -0.4 is 5.32 Å². The molecule has 1 aromatic heterocycles. The molecular weight excluding hydrogens is 306 g/mol. The number of aromatic nitrogens is 1. The Morgan fingerprint density at radius 2 is 2.08 bits per heavy atom. The van der Waals surface area contributed by atoms with E-state index in [0.717, 1.165) is 31.4 Å². The molecular formula is C18H21N3O3. The van der Waals surface area contributed by atoms with Crippen molar-refractivity contribution in [2.24, 2.45) is 0 Å². The monoisotopic (exact) mass is 327 g/mol. The molecule has 2 heterocycles. The highest BCUT2D eigenvalue weighted by Gasteiger charge is 2.23. The van der Waals surface area contributed by atoms with Crippen molar-refractivity contribution in [1.29, 1.82) is 0 Å². The Balaban J connectivity index is 1.57. The van der Waals surface area contributed by atoms with Crippen LogP contribution in [0.5, 0.6) is 0 Å². The van der Waals surface area contributed by atoms with E-state index in [1.807, 2.05) is 42.2 Å². The van der Waals surface area contributed by atoms with Gasteiger partial charge in [0.1, 0.15) is 0 Å². The summed E-state index contributed by atoms with van der Waals surface area (Å²) in [5.74, 6) is 0.0676. The van der Waals surface area contributed by atoms with E-state index < -0.39 is 5.91 Å². The third-order valence-corrected chi connectivity index (χ3v) is 4.32. The van der Waals surface area contributed by atoms with E-state index in [0.29, 0.717) is 5.76 Å². The molecule has 1 aliphatic rings. The van der Waals surface area contributed by atoms with Gasteiger partial charge in [0.2, 0.25) is 5.91 Å². The minimum atomic E-state index is -0.404. The molecule has 6 nitrogen and oxygen atoms in total. The molecule has 0 saturated carbocycles. The summed E-state index contributed by atoms with van der Waals surface area (Å²) >= 11 is 0. The normalized spacial score (nSPS) is 17.5. The summed E-state index contributed by atoms with van der Waals surface area (Å²) in [6.07, 6.45) is 3.19. The molecule has 1 aliphatic heterocycles. The lowest BCUT2D eigenvalue weighted by Gasteiger charge is -2.33. The Kier molecular flexibility index (Phi) is 4.93. The minimum Gasteiger partial charge on any atom is -0.355 e. The zero-order valence-corrected chi connectivity index (χ0v) is 13.7. The van der Waals surface area contributed by atoms with Crippen molar-refractivity contribution >= 4 is 11.8 Å². The van der Waals surface area contributed by atoms with Crippen molar-refractivity contribution in [3.8, 4) is 11.3 Å². The van der Waals surface area contributed by atoms with Crippen LogP contribution in [0.15, 0.2) is 40.9 Å². The SMILES string of the molecule is C[C@H]1CCCCN1C(=O)CNC(=O)c1cc(-c2ccccc2)on1. The summed E-state index contributed by atoms with van der Waals surface area (Å²) < 4.78 is 5.21. The predicted molar refractivity (Wildman–Crippen MR) is 89.3 cm³/mol. The van der Waals surface area contributed by atoms with Gasteiger partial charge in [0, 0.05) is 24.2 Å². The van der Waals surface area contributed by atoms with Crippen LogP contribution in [0.25, 0.3) is 11.3 Å².